The fourth-order valence-electron chi connectivity index (χ4n) is 2.90. The predicted octanol–water partition coefficient (Wildman–Crippen LogP) is 2.25. The van der Waals surface area contributed by atoms with E-state index in [9.17, 15) is 0 Å². The van der Waals surface area contributed by atoms with Gasteiger partial charge in [0.05, 0.1) is 41.2 Å². The maximum Gasteiger partial charge on any atom is 0.0886 e. The molecule has 1 aromatic heterocycles. The molecule has 1 saturated carbocycles. The smallest absolute Gasteiger partial charge is 0.0886 e. The number of nitrogens with two attached hydrogens (primary N) is 1. The molecule has 0 bridgehead atoms. The molecule has 2 rings (SSSR count). The van der Waals surface area contributed by atoms with Crippen LogP contribution in [0.1, 0.15) is 37.4 Å². The Bertz CT molecular complexity index is 416. The van der Waals surface area contributed by atoms with Crippen molar-refractivity contribution in [3.8, 4) is 0 Å². The van der Waals surface area contributed by atoms with Crippen LogP contribution in [0.15, 0.2) is 10.7 Å². The second-order valence-electron chi connectivity index (χ2n) is 5.05. The molecule has 0 aromatic carbocycles. The zero-order valence-corrected chi connectivity index (χ0v) is 13.1. The van der Waals surface area contributed by atoms with Gasteiger partial charge in [-0.15, -0.1) is 0 Å². The molecule has 0 saturated heterocycles. The SMILES string of the molecule is COCCn1ncc(Br)c1C(N)C1(OC)CCCC1. The lowest BCUT2D eigenvalue weighted by atomic mass is 9.90. The van der Waals surface area contributed by atoms with Gasteiger partial charge in [0.15, 0.2) is 0 Å². The van der Waals surface area contributed by atoms with Crippen LogP contribution in [0.25, 0.3) is 0 Å². The molecule has 108 valence electrons. The highest BCUT2D eigenvalue weighted by molar-refractivity contribution is 9.10. The Balaban J connectivity index is 2.26. The minimum atomic E-state index is -0.257. The minimum Gasteiger partial charge on any atom is -0.383 e. The third-order valence-electron chi connectivity index (χ3n) is 4.06. The van der Waals surface area contributed by atoms with Crippen LogP contribution in [0.3, 0.4) is 0 Å². The standard InChI is InChI=1S/C13H22BrN3O2/c1-18-8-7-17-11(10(14)9-16-17)12(15)13(19-2)5-3-4-6-13/h9,12H,3-8,15H2,1-2H3. The number of hydrogen-bond donors (Lipinski definition) is 1. The molecule has 1 aliphatic rings. The van der Waals surface area contributed by atoms with E-state index in [4.69, 9.17) is 15.2 Å². The highest BCUT2D eigenvalue weighted by Gasteiger charge is 2.42. The van der Waals surface area contributed by atoms with Crippen molar-refractivity contribution in [1.82, 2.24) is 9.78 Å². The van der Waals surface area contributed by atoms with Crippen LogP contribution in [0.5, 0.6) is 0 Å². The molecule has 2 N–H and O–H groups in total. The first-order valence-corrected chi connectivity index (χ1v) is 7.45. The summed E-state index contributed by atoms with van der Waals surface area (Å²) in [4.78, 5) is 0. The van der Waals surface area contributed by atoms with E-state index in [0.29, 0.717) is 13.2 Å². The van der Waals surface area contributed by atoms with Crippen molar-refractivity contribution >= 4 is 15.9 Å². The molecular weight excluding hydrogens is 310 g/mol. The van der Waals surface area contributed by atoms with E-state index in [2.05, 4.69) is 21.0 Å². The second-order valence-corrected chi connectivity index (χ2v) is 5.90. The summed E-state index contributed by atoms with van der Waals surface area (Å²) in [6.07, 6.45) is 6.15. The Morgan fingerprint density at radius 3 is 2.74 bits per heavy atom. The Hall–Kier alpha value is -0.430. The highest BCUT2D eigenvalue weighted by Crippen LogP contribution is 2.42. The quantitative estimate of drug-likeness (QED) is 0.868. The molecule has 1 aliphatic carbocycles. The molecule has 0 amide bonds. The van der Waals surface area contributed by atoms with Crippen LogP contribution in [0.4, 0.5) is 0 Å². The molecule has 1 atom stereocenters. The van der Waals surface area contributed by atoms with Crippen molar-refractivity contribution in [2.45, 2.75) is 43.9 Å². The van der Waals surface area contributed by atoms with Gasteiger partial charge in [0, 0.05) is 14.2 Å². The Morgan fingerprint density at radius 2 is 2.16 bits per heavy atom. The molecule has 1 fully saturated rings. The number of nitrogens with zero attached hydrogens (tertiary/aromatic N) is 2. The topological polar surface area (TPSA) is 62.3 Å². The fourth-order valence-corrected chi connectivity index (χ4v) is 3.44. The normalized spacial score (nSPS) is 19.8. The maximum absolute atomic E-state index is 6.51. The molecule has 0 spiro atoms. The molecule has 19 heavy (non-hydrogen) atoms. The zero-order chi connectivity index (χ0) is 13.9. The van der Waals surface area contributed by atoms with Gasteiger partial charge in [0.2, 0.25) is 0 Å². The van der Waals surface area contributed by atoms with E-state index in [1.807, 2.05) is 4.68 Å². The molecule has 5 nitrogen and oxygen atoms in total. The Morgan fingerprint density at radius 1 is 1.47 bits per heavy atom. The van der Waals surface area contributed by atoms with Crippen molar-refractivity contribution in [2.75, 3.05) is 20.8 Å². The van der Waals surface area contributed by atoms with Crippen LogP contribution in [-0.4, -0.2) is 36.2 Å². The van der Waals surface area contributed by atoms with E-state index in [1.54, 1.807) is 20.4 Å². The van der Waals surface area contributed by atoms with E-state index in [-0.39, 0.29) is 11.6 Å². The van der Waals surface area contributed by atoms with Crippen molar-refractivity contribution in [3.63, 3.8) is 0 Å². The summed E-state index contributed by atoms with van der Waals surface area (Å²) in [6.45, 7) is 1.32. The molecule has 0 aliphatic heterocycles. The molecule has 1 aromatic rings. The lowest BCUT2D eigenvalue weighted by Gasteiger charge is -2.34. The van der Waals surface area contributed by atoms with Gasteiger partial charge in [-0.25, -0.2) is 0 Å². The maximum atomic E-state index is 6.51. The third-order valence-corrected chi connectivity index (χ3v) is 4.67. The number of hydrogen-bond acceptors (Lipinski definition) is 4. The Labute approximate surface area is 122 Å². The number of halogens is 1. The second kappa shape index (κ2) is 6.35. The van der Waals surface area contributed by atoms with Gasteiger partial charge in [-0.1, -0.05) is 12.8 Å². The van der Waals surface area contributed by atoms with Gasteiger partial charge in [-0.3, -0.25) is 4.68 Å². The van der Waals surface area contributed by atoms with Gasteiger partial charge in [0.1, 0.15) is 0 Å². The lowest BCUT2D eigenvalue weighted by molar-refractivity contribution is -0.0288. The number of ether oxygens (including phenoxy) is 2. The van der Waals surface area contributed by atoms with Crippen molar-refractivity contribution < 1.29 is 9.47 Å². The summed E-state index contributed by atoms with van der Waals surface area (Å²) in [5.74, 6) is 0. The van der Waals surface area contributed by atoms with Gasteiger partial charge >= 0.3 is 0 Å². The van der Waals surface area contributed by atoms with Gasteiger partial charge in [-0.05, 0) is 28.8 Å². The van der Waals surface area contributed by atoms with Crippen LogP contribution in [0.2, 0.25) is 0 Å². The number of methoxy groups -OCH3 is 2. The van der Waals surface area contributed by atoms with E-state index in [1.165, 1.54) is 12.8 Å². The average molecular weight is 332 g/mol. The van der Waals surface area contributed by atoms with E-state index < -0.39 is 0 Å². The minimum absolute atomic E-state index is 0.172. The number of rotatable bonds is 6. The van der Waals surface area contributed by atoms with Crippen LogP contribution >= 0.6 is 15.9 Å². The summed E-state index contributed by atoms with van der Waals surface area (Å²) in [7, 11) is 3.45. The Kier molecular flexibility index (Phi) is 5.00. The van der Waals surface area contributed by atoms with Crippen molar-refractivity contribution in [3.05, 3.63) is 16.4 Å². The molecule has 0 radical (unpaired) electrons. The molecule has 1 heterocycles. The van der Waals surface area contributed by atoms with Crippen molar-refractivity contribution in [1.29, 1.82) is 0 Å². The number of aromatic nitrogens is 2. The van der Waals surface area contributed by atoms with E-state index in [0.717, 1.165) is 23.0 Å². The summed E-state index contributed by atoms with van der Waals surface area (Å²) in [5, 5.41) is 4.37. The van der Waals surface area contributed by atoms with Gasteiger partial charge in [-0.2, -0.15) is 5.10 Å². The predicted molar refractivity (Wildman–Crippen MR) is 76.9 cm³/mol. The van der Waals surface area contributed by atoms with Crippen molar-refractivity contribution in [2.24, 2.45) is 5.73 Å². The molecule has 1 unspecified atom stereocenters. The fraction of sp³-hybridized carbons (Fsp3) is 0.769. The first-order valence-electron chi connectivity index (χ1n) is 6.65. The summed E-state index contributed by atoms with van der Waals surface area (Å²) in [6, 6.07) is -0.172. The third kappa shape index (κ3) is 2.86. The van der Waals surface area contributed by atoms with Gasteiger partial charge < -0.3 is 15.2 Å². The highest BCUT2D eigenvalue weighted by atomic mass is 79.9. The van der Waals surface area contributed by atoms with Crippen LogP contribution in [-0.2, 0) is 16.0 Å². The average Bonchev–Trinajstić information content (AvgIpc) is 3.03. The summed E-state index contributed by atoms with van der Waals surface area (Å²) >= 11 is 3.55. The zero-order valence-electron chi connectivity index (χ0n) is 11.6. The summed E-state index contributed by atoms with van der Waals surface area (Å²) < 4.78 is 13.8. The first kappa shape index (κ1) is 15.0. The van der Waals surface area contributed by atoms with Crippen LogP contribution in [0, 0.1) is 0 Å². The molecule has 6 heteroatoms. The lowest BCUT2D eigenvalue weighted by Crippen LogP contribution is -2.42. The van der Waals surface area contributed by atoms with E-state index >= 15 is 0 Å². The first-order chi connectivity index (χ1) is 9.14. The largest absolute Gasteiger partial charge is 0.383 e. The van der Waals surface area contributed by atoms with Gasteiger partial charge in [0.25, 0.3) is 0 Å². The monoisotopic (exact) mass is 331 g/mol. The molecular formula is C13H22BrN3O2. The van der Waals surface area contributed by atoms with Crippen LogP contribution < -0.4 is 5.73 Å². The summed E-state index contributed by atoms with van der Waals surface area (Å²) in [5.41, 5.74) is 7.25.